The Kier molecular flexibility index (Phi) is 3.72. The third-order valence-electron chi connectivity index (χ3n) is 2.10. The average Bonchev–Trinajstić information content (AvgIpc) is 2.14. The molecule has 0 unspecified atom stereocenters. The van der Waals surface area contributed by atoms with Crippen LogP contribution in [0.25, 0.3) is 0 Å². The quantitative estimate of drug-likeness (QED) is 0.827. The summed E-state index contributed by atoms with van der Waals surface area (Å²) in [5, 5.41) is 0. The molecule has 0 heterocycles. The number of sulfonamides is 1. The molecule has 0 bridgehead atoms. The molecule has 16 heavy (non-hydrogen) atoms. The van der Waals surface area contributed by atoms with Gasteiger partial charge in [0.15, 0.2) is 0 Å². The third-order valence-corrected chi connectivity index (χ3v) is 3.66. The Hall–Kier alpha value is -0.910. The molecule has 4 nitrogen and oxygen atoms in total. The van der Waals surface area contributed by atoms with Crippen LogP contribution in [0.1, 0.15) is 19.4 Å². The van der Waals surface area contributed by atoms with Crippen LogP contribution in [-0.2, 0) is 10.0 Å². The Labute approximate surface area is 96.9 Å². The molecule has 1 aromatic carbocycles. The normalized spacial score (nSPS) is 12.8. The molecule has 0 aliphatic carbocycles. The highest BCUT2D eigenvalue weighted by Gasteiger charge is 2.19. The zero-order valence-corrected chi connectivity index (χ0v) is 10.6. The van der Waals surface area contributed by atoms with E-state index in [1.165, 1.54) is 0 Å². The standard InChI is InChI=1S/C11H18N2O2S/c1-9-6-4-5-7-10(9)16(14,15)13-8-11(2,3)12/h4-7,13H,8,12H2,1-3H3. The average molecular weight is 242 g/mol. The van der Waals surface area contributed by atoms with Gasteiger partial charge in [-0.3, -0.25) is 0 Å². The number of hydrogen-bond donors (Lipinski definition) is 2. The number of benzene rings is 1. The van der Waals surface area contributed by atoms with Gasteiger partial charge >= 0.3 is 0 Å². The summed E-state index contributed by atoms with van der Waals surface area (Å²) in [5.74, 6) is 0. The summed E-state index contributed by atoms with van der Waals surface area (Å²) in [6.07, 6.45) is 0. The van der Waals surface area contributed by atoms with Crippen LogP contribution in [-0.4, -0.2) is 20.5 Å². The zero-order chi connectivity index (χ0) is 12.4. The van der Waals surface area contributed by atoms with Crippen LogP contribution in [0.4, 0.5) is 0 Å². The summed E-state index contributed by atoms with van der Waals surface area (Å²) >= 11 is 0. The van der Waals surface area contributed by atoms with Gasteiger partial charge in [0.05, 0.1) is 4.90 Å². The van der Waals surface area contributed by atoms with Crippen molar-refractivity contribution in [2.24, 2.45) is 5.73 Å². The van der Waals surface area contributed by atoms with Gasteiger partial charge in [-0.15, -0.1) is 0 Å². The first kappa shape index (κ1) is 13.2. The number of hydrogen-bond acceptors (Lipinski definition) is 3. The molecule has 0 amide bonds. The minimum absolute atomic E-state index is 0.212. The molecule has 90 valence electrons. The van der Waals surface area contributed by atoms with Crippen LogP contribution < -0.4 is 10.5 Å². The smallest absolute Gasteiger partial charge is 0.240 e. The van der Waals surface area contributed by atoms with Crippen molar-refractivity contribution in [3.8, 4) is 0 Å². The first-order valence-corrected chi connectivity index (χ1v) is 6.55. The first-order chi connectivity index (χ1) is 7.22. The van der Waals surface area contributed by atoms with E-state index in [0.717, 1.165) is 5.56 Å². The van der Waals surface area contributed by atoms with E-state index in [4.69, 9.17) is 5.73 Å². The van der Waals surface area contributed by atoms with E-state index in [1.54, 1.807) is 45.0 Å². The molecule has 5 heteroatoms. The molecule has 0 fully saturated rings. The van der Waals surface area contributed by atoms with E-state index in [9.17, 15) is 8.42 Å². The van der Waals surface area contributed by atoms with Gasteiger partial charge in [-0.1, -0.05) is 18.2 Å². The second-order valence-electron chi connectivity index (χ2n) is 4.58. The topological polar surface area (TPSA) is 72.2 Å². The van der Waals surface area contributed by atoms with Gasteiger partial charge in [0, 0.05) is 12.1 Å². The van der Waals surface area contributed by atoms with Crippen LogP contribution in [0.2, 0.25) is 0 Å². The minimum atomic E-state index is -3.45. The number of rotatable bonds is 4. The van der Waals surface area contributed by atoms with Crippen LogP contribution in [0, 0.1) is 6.92 Å². The fourth-order valence-electron chi connectivity index (χ4n) is 1.22. The summed E-state index contributed by atoms with van der Waals surface area (Å²) in [7, 11) is -3.45. The first-order valence-electron chi connectivity index (χ1n) is 5.06. The van der Waals surface area contributed by atoms with Crippen molar-refractivity contribution in [1.82, 2.24) is 4.72 Å². The maximum absolute atomic E-state index is 11.9. The molecular weight excluding hydrogens is 224 g/mol. The van der Waals surface area contributed by atoms with Crippen LogP contribution in [0.5, 0.6) is 0 Å². The fraction of sp³-hybridized carbons (Fsp3) is 0.455. The highest BCUT2D eigenvalue weighted by Crippen LogP contribution is 2.13. The van der Waals surface area contributed by atoms with Gasteiger partial charge in [0.2, 0.25) is 10.0 Å². The summed E-state index contributed by atoms with van der Waals surface area (Å²) < 4.78 is 26.4. The monoisotopic (exact) mass is 242 g/mol. The molecule has 0 aliphatic heterocycles. The highest BCUT2D eigenvalue weighted by molar-refractivity contribution is 7.89. The SMILES string of the molecule is Cc1ccccc1S(=O)(=O)NCC(C)(C)N. The molecule has 0 radical (unpaired) electrons. The second-order valence-corrected chi connectivity index (χ2v) is 6.31. The molecule has 0 aliphatic rings. The molecule has 0 atom stereocenters. The Morgan fingerprint density at radius 3 is 2.38 bits per heavy atom. The lowest BCUT2D eigenvalue weighted by Gasteiger charge is -2.19. The third kappa shape index (κ3) is 3.59. The molecule has 3 N–H and O–H groups in total. The Balaban J connectivity index is 2.92. The molecule has 0 aromatic heterocycles. The van der Waals surface area contributed by atoms with Crippen LogP contribution in [0.15, 0.2) is 29.2 Å². The summed E-state index contributed by atoms with van der Waals surface area (Å²) in [6, 6.07) is 6.86. The van der Waals surface area contributed by atoms with Crippen molar-refractivity contribution in [1.29, 1.82) is 0 Å². The Bertz CT molecular complexity index is 461. The molecule has 0 saturated carbocycles. The van der Waals surface area contributed by atoms with Gasteiger partial charge in [0.1, 0.15) is 0 Å². The lowest BCUT2D eigenvalue weighted by Crippen LogP contribution is -2.45. The van der Waals surface area contributed by atoms with Gasteiger partial charge in [-0.25, -0.2) is 13.1 Å². The van der Waals surface area contributed by atoms with Crippen LogP contribution in [0.3, 0.4) is 0 Å². The molecule has 0 spiro atoms. The molecule has 1 rings (SSSR count). The lowest BCUT2D eigenvalue weighted by atomic mass is 10.1. The fourth-order valence-corrected chi connectivity index (χ4v) is 2.68. The molecule has 1 aromatic rings. The van der Waals surface area contributed by atoms with Gasteiger partial charge in [-0.05, 0) is 32.4 Å². The van der Waals surface area contributed by atoms with Crippen molar-refractivity contribution in [3.05, 3.63) is 29.8 Å². The molecular formula is C11H18N2O2S. The summed E-state index contributed by atoms with van der Waals surface area (Å²) in [6.45, 7) is 5.52. The van der Waals surface area contributed by atoms with E-state index >= 15 is 0 Å². The van der Waals surface area contributed by atoms with E-state index in [2.05, 4.69) is 4.72 Å². The second kappa shape index (κ2) is 4.53. The number of nitrogens with one attached hydrogen (secondary N) is 1. The number of aryl methyl sites for hydroxylation is 1. The lowest BCUT2D eigenvalue weighted by molar-refractivity contribution is 0.497. The predicted molar refractivity (Wildman–Crippen MR) is 64.6 cm³/mol. The van der Waals surface area contributed by atoms with Crippen molar-refractivity contribution in [2.45, 2.75) is 31.2 Å². The predicted octanol–water partition coefficient (Wildman–Crippen LogP) is 1.01. The maximum Gasteiger partial charge on any atom is 0.240 e. The summed E-state index contributed by atoms with van der Waals surface area (Å²) in [4.78, 5) is 0.305. The Morgan fingerprint density at radius 2 is 1.88 bits per heavy atom. The zero-order valence-electron chi connectivity index (χ0n) is 9.82. The van der Waals surface area contributed by atoms with Crippen LogP contribution >= 0.6 is 0 Å². The van der Waals surface area contributed by atoms with E-state index in [-0.39, 0.29) is 6.54 Å². The van der Waals surface area contributed by atoms with Gasteiger partial charge in [0.25, 0.3) is 0 Å². The van der Waals surface area contributed by atoms with E-state index < -0.39 is 15.6 Å². The largest absolute Gasteiger partial charge is 0.324 e. The van der Waals surface area contributed by atoms with Crippen molar-refractivity contribution < 1.29 is 8.42 Å². The van der Waals surface area contributed by atoms with Crippen molar-refractivity contribution in [2.75, 3.05) is 6.54 Å². The van der Waals surface area contributed by atoms with E-state index in [1.807, 2.05) is 0 Å². The molecule has 0 saturated heterocycles. The minimum Gasteiger partial charge on any atom is -0.324 e. The van der Waals surface area contributed by atoms with Crippen molar-refractivity contribution in [3.63, 3.8) is 0 Å². The maximum atomic E-state index is 11.9. The highest BCUT2D eigenvalue weighted by atomic mass is 32.2. The Morgan fingerprint density at radius 1 is 1.31 bits per heavy atom. The van der Waals surface area contributed by atoms with E-state index in [0.29, 0.717) is 4.90 Å². The summed E-state index contributed by atoms with van der Waals surface area (Å²) in [5.41, 5.74) is 5.90. The van der Waals surface area contributed by atoms with Gasteiger partial charge < -0.3 is 5.73 Å². The van der Waals surface area contributed by atoms with Crippen molar-refractivity contribution >= 4 is 10.0 Å². The van der Waals surface area contributed by atoms with Gasteiger partial charge in [-0.2, -0.15) is 0 Å². The number of nitrogens with two attached hydrogens (primary N) is 1.